The highest BCUT2D eigenvalue weighted by Gasteiger charge is 2.25. The topological polar surface area (TPSA) is 72.2 Å². The summed E-state index contributed by atoms with van der Waals surface area (Å²) in [6.45, 7) is 12.4. The van der Waals surface area contributed by atoms with E-state index in [0.717, 1.165) is 11.1 Å². The Bertz CT molecular complexity index is 567. The molecule has 0 saturated carbocycles. The first-order valence-corrected chi connectivity index (χ1v) is 8.32. The van der Waals surface area contributed by atoms with Crippen LogP contribution in [0.4, 0.5) is 5.69 Å². The van der Waals surface area contributed by atoms with Gasteiger partial charge in [-0.25, -0.2) is 13.1 Å². The molecule has 0 heterocycles. The van der Waals surface area contributed by atoms with Crippen LogP contribution in [0, 0.1) is 25.2 Å². The molecule has 0 aliphatic heterocycles. The Labute approximate surface area is 122 Å². The maximum atomic E-state index is 12.4. The van der Waals surface area contributed by atoms with Crippen molar-refractivity contribution in [2.24, 2.45) is 11.3 Å². The fraction of sp³-hybridized carbons (Fsp3) is 0.600. The van der Waals surface area contributed by atoms with E-state index in [1.165, 1.54) is 6.07 Å². The number of rotatable bonds is 5. The summed E-state index contributed by atoms with van der Waals surface area (Å²) in [5, 5.41) is 0. The minimum absolute atomic E-state index is 0.0989. The van der Waals surface area contributed by atoms with Gasteiger partial charge in [-0.2, -0.15) is 0 Å². The van der Waals surface area contributed by atoms with E-state index in [-0.39, 0.29) is 10.3 Å². The summed E-state index contributed by atoms with van der Waals surface area (Å²) in [4.78, 5) is 0.234. The number of hydrogen-bond acceptors (Lipinski definition) is 3. The molecule has 4 nitrogen and oxygen atoms in total. The van der Waals surface area contributed by atoms with Crippen molar-refractivity contribution in [1.82, 2.24) is 4.72 Å². The lowest BCUT2D eigenvalue weighted by Gasteiger charge is -2.29. The van der Waals surface area contributed by atoms with Crippen molar-refractivity contribution < 1.29 is 8.42 Å². The fourth-order valence-electron chi connectivity index (χ4n) is 1.58. The van der Waals surface area contributed by atoms with Crippen LogP contribution in [0.5, 0.6) is 0 Å². The molecule has 1 aromatic carbocycles. The molecule has 0 amide bonds. The SMILES string of the molecule is Cc1cc(S(=O)(=O)NCC(C)(C)C(C)C)cc(N)c1C. The Morgan fingerprint density at radius 1 is 1.25 bits per heavy atom. The monoisotopic (exact) mass is 298 g/mol. The third-order valence-corrected chi connectivity index (χ3v) is 5.65. The summed E-state index contributed by atoms with van der Waals surface area (Å²) >= 11 is 0. The third-order valence-electron chi connectivity index (χ3n) is 4.27. The minimum atomic E-state index is -3.52. The lowest BCUT2D eigenvalue weighted by molar-refractivity contribution is 0.252. The van der Waals surface area contributed by atoms with Crippen LogP contribution in [0.2, 0.25) is 0 Å². The number of aryl methyl sites for hydroxylation is 1. The zero-order valence-corrected chi connectivity index (χ0v) is 14.1. The second-order valence-corrected chi connectivity index (χ2v) is 8.19. The van der Waals surface area contributed by atoms with E-state index in [1.807, 2.05) is 13.8 Å². The molecule has 0 aliphatic rings. The first-order chi connectivity index (χ1) is 8.97. The Morgan fingerprint density at radius 3 is 2.25 bits per heavy atom. The average molecular weight is 298 g/mol. The van der Waals surface area contributed by atoms with Crippen LogP contribution in [-0.4, -0.2) is 15.0 Å². The molecule has 3 N–H and O–H groups in total. The molecule has 114 valence electrons. The van der Waals surface area contributed by atoms with Gasteiger partial charge in [-0.05, 0) is 48.4 Å². The van der Waals surface area contributed by atoms with Crippen LogP contribution in [0.15, 0.2) is 17.0 Å². The summed E-state index contributed by atoms with van der Waals surface area (Å²) in [6.07, 6.45) is 0. The number of benzene rings is 1. The number of hydrogen-bond donors (Lipinski definition) is 2. The predicted molar refractivity (Wildman–Crippen MR) is 84.1 cm³/mol. The maximum Gasteiger partial charge on any atom is 0.240 e. The van der Waals surface area contributed by atoms with Gasteiger partial charge in [-0.15, -0.1) is 0 Å². The average Bonchev–Trinajstić information content (AvgIpc) is 2.33. The van der Waals surface area contributed by atoms with E-state index in [4.69, 9.17) is 5.73 Å². The third kappa shape index (κ3) is 3.73. The first-order valence-electron chi connectivity index (χ1n) is 6.84. The van der Waals surface area contributed by atoms with Crippen LogP contribution in [0.1, 0.15) is 38.8 Å². The van der Waals surface area contributed by atoms with Gasteiger partial charge in [0.1, 0.15) is 0 Å². The Morgan fingerprint density at radius 2 is 1.80 bits per heavy atom. The second kappa shape index (κ2) is 5.74. The van der Waals surface area contributed by atoms with Crippen molar-refractivity contribution in [3.8, 4) is 0 Å². The standard InChI is InChI=1S/C15H26N2O2S/c1-10(2)15(5,6)9-17-20(18,19)13-7-11(3)12(4)14(16)8-13/h7-8,10,17H,9,16H2,1-6H3. The van der Waals surface area contributed by atoms with Crippen molar-refractivity contribution in [3.05, 3.63) is 23.3 Å². The number of anilines is 1. The van der Waals surface area contributed by atoms with Crippen molar-refractivity contribution in [2.45, 2.75) is 46.4 Å². The molecule has 0 atom stereocenters. The van der Waals surface area contributed by atoms with E-state index in [9.17, 15) is 8.42 Å². The second-order valence-electron chi connectivity index (χ2n) is 6.42. The van der Waals surface area contributed by atoms with Gasteiger partial charge in [0.25, 0.3) is 0 Å². The molecule has 0 radical (unpaired) electrons. The lowest BCUT2D eigenvalue weighted by Crippen LogP contribution is -2.37. The smallest absolute Gasteiger partial charge is 0.240 e. The van der Waals surface area contributed by atoms with E-state index < -0.39 is 10.0 Å². The van der Waals surface area contributed by atoms with Gasteiger partial charge in [-0.3, -0.25) is 0 Å². The van der Waals surface area contributed by atoms with Crippen molar-refractivity contribution in [1.29, 1.82) is 0 Å². The van der Waals surface area contributed by atoms with Crippen LogP contribution in [0.3, 0.4) is 0 Å². The minimum Gasteiger partial charge on any atom is -0.398 e. The van der Waals surface area contributed by atoms with Gasteiger partial charge in [0.05, 0.1) is 4.90 Å². The van der Waals surface area contributed by atoms with Gasteiger partial charge in [0.2, 0.25) is 10.0 Å². The van der Waals surface area contributed by atoms with Crippen LogP contribution < -0.4 is 10.5 Å². The Balaban J connectivity index is 3.01. The van der Waals surface area contributed by atoms with Crippen LogP contribution in [-0.2, 0) is 10.0 Å². The van der Waals surface area contributed by atoms with Crippen molar-refractivity contribution in [3.63, 3.8) is 0 Å². The highest BCUT2D eigenvalue weighted by atomic mass is 32.2. The molecule has 0 spiro atoms. The summed E-state index contributed by atoms with van der Waals surface area (Å²) < 4.78 is 27.4. The fourth-order valence-corrected chi connectivity index (χ4v) is 2.92. The summed E-state index contributed by atoms with van der Waals surface area (Å²) in [6, 6.07) is 3.18. The molecular weight excluding hydrogens is 272 g/mol. The highest BCUT2D eigenvalue weighted by molar-refractivity contribution is 7.89. The number of nitrogens with one attached hydrogen (secondary N) is 1. The zero-order valence-electron chi connectivity index (χ0n) is 13.2. The molecule has 1 aromatic rings. The molecule has 0 unspecified atom stereocenters. The normalized spacial score (nSPS) is 12.9. The van der Waals surface area contributed by atoms with Gasteiger partial charge >= 0.3 is 0 Å². The molecule has 0 aliphatic carbocycles. The van der Waals surface area contributed by atoms with E-state index in [0.29, 0.717) is 18.2 Å². The van der Waals surface area contributed by atoms with Crippen molar-refractivity contribution >= 4 is 15.7 Å². The molecule has 1 rings (SSSR count). The van der Waals surface area contributed by atoms with Gasteiger partial charge in [0.15, 0.2) is 0 Å². The maximum absolute atomic E-state index is 12.4. The van der Waals surface area contributed by atoms with Gasteiger partial charge in [0, 0.05) is 12.2 Å². The molecule has 0 fully saturated rings. The lowest BCUT2D eigenvalue weighted by atomic mass is 9.81. The summed E-state index contributed by atoms with van der Waals surface area (Å²) in [5.41, 5.74) is 8.07. The quantitative estimate of drug-likeness (QED) is 0.821. The summed E-state index contributed by atoms with van der Waals surface area (Å²) in [5.74, 6) is 0.384. The largest absolute Gasteiger partial charge is 0.398 e. The zero-order chi connectivity index (χ0) is 15.7. The van der Waals surface area contributed by atoms with Gasteiger partial charge in [-0.1, -0.05) is 27.7 Å². The number of sulfonamides is 1. The first kappa shape index (κ1) is 17.0. The molecule has 0 aromatic heterocycles. The number of nitrogen functional groups attached to an aromatic ring is 1. The Kier molecular flexibility index (Phi) is 4.87. The number of nitrogens with two attached hydrogens (primary N) is 1. The highest BCUT2D eigenvalue weighted by Crippen LogP contribution is 2.26. The molecule has 20 heavy (non-hydrogen) atoms. The van der Waals surface area contributed by atoms with Crippen LogP contribution in [0.25, 0.3) is 0 Å². The van der Waals surface area contributed by atoms with E-state index in [1.54, 1.807) is 6.07 Å². The van der Waals surface area contributed by atoms with Gasteiger partial charge < -0.3 is 5.73 Å². The van der Waals surface area contributed by atoms with Crippen molar-refractivity contribution in [2.75, 3.05) is 12.3 Å². The molecule has 0 saturated heterocycles. The van der Waals surface area contributed by atoms with E-state index >= 15 is 0 Å². The van der Waals surface area contributed by atoms with E-state index in [2.05, 4.69) is 32.4 Å². The predicted octanol–water partition coefficient (Wildman–Crippen LogP) is 2.85. The molecule has 5 heteroatoms. The molecule has 0 bridgehead atoms. The summed E-state index contributed by atoms with van der Waals surface area (Å²) in [7, 11) is -3.52. The van der Waals surface area contributed by atoms with Crippen LogP contribution >= 0.6 is 0 Å². The Hall–Kier alpha value is -1.07. The molecular formula is C15H26N2O2S.